The Morgan fingerprint density at radius 3 is 3.00 bits per heavy atom. The second kappa shape index (κ2) is 5.75. The number of rotatable bonds is 5. The molecule has 0 aliphatic rings. The third-order valence-corrected chi connectivity index (χ3v) is 3.06. The van der Waals surface area contributed by atoms with Crippen LogP contribution in [0, 0.1) is 13.8 Å². The molecular weight excluding hydrogens is 244 g/mol. The third-order valence-electron chi connectivity index (χ3n) is 3.06. The highest BCUT2D eigenvalue weighted by Crippen LogP contribution is 2.14. The number of fused-ring (bicyclic) bond motifs is 1. The van der Waals surface area contributed by atoms with Crippen molar-refractivity contribution in [3.8, 4) is 0 Å². The van der Waals surface area contributed by atoms with Gasteiger partial charge in [0.1, 0.15) is 6.33 Å². The van der Waals surface area contributed by atoms with Gasteiger partial charge in [-0.2, -0.15) is 10.1 Å². The van der Waals surface area contributed by atoms with Crippen molar-refractivity contribution in [2.24, 2.45) is 5.73 Å². The lowest BCUT2D eigenvalue weighted by molar-refractivity contribution is -0.120. The molecule has 0 radical (unpaired) electrons. The van der Waals surface area contributed by atoms with Crippen molar-refractivity contribution in [3.63, 3.8) is 0 Å². The van der Waals surface area contributed by atoms with E-state index in [9.17, 15) is 4.79 Å². The summed E-state index contributed by atoms with van der Waals surface area (Å²) in [6.45, 7) is 4.85. The lowest BCUT2D eigenvalue weighted by Gasteiger charge is -2.10. The molecule has 0 atom stereocenters. The van der Waals surface area contributed by atoms with E-state index in [-0.39, 0.29) is 5.91 Å². The van der Waals surface area contributed by atoms with E-state index >= 15 is 0 Å². The Morgan fingerprint density at radius 1 is 1.47 bits per heavy atom. The molecule has 19 heavy (non-hydrogen) atoms. The van der Waals surface area contributed by atoms with Crippen LogP contribution in [0.25, 0.3) is 5.78 Å². The number of nitrogens with zero attached hydrogens (tertiary/aromatic N) is 4. The minimum absolute atomic E-state index is 0.00272. The molecule has 2 heterocycles. The first kappa shape index (κ1) is 13.4. The van der Waals surface area contributed by atoms with Gasteiger partial charge < -0.3 is 11.1 Å². The number of aryl methyl sites for hydroxylation is 2. The van der Waals surface area contributed by atoms with Gasteiger partial charge in [-0.05, 0) is 25.8 Å². The first-order valence-electron chi connectivity index (χ1n) is 6.26. The Hall–Kier alpha value is -2.02. The molecule has 0 unspecified atom stereocenters. The molecule has 0 aliphatic heterocycles. The van der Waals surface area contributed by atoms with Crippen LogP contribution < -0.4 is 11.1 Å². The average Bonchev–Trinajstić information content (AvgIpc) is 2.84. The second-order valence-corrected chi connectivity index (χ2v) is 4.37. The Bertz CT molecular complexity index is 591. The van der Waals surface area contributed by atoms with Gasteiger partial charge in [0.15, 0.2) is 0 Å². The molecule has 0 saturated heterocycles. The summed E-state index contributed by atoms with van der Waals surface area (Å²) in [5.41, 5.74) is 8.25. The van der Waals surface area contributed by atoms with Crippen molar-refractivity contribution in [1.82, 2.24) is 24.9 Å². The van der Waals surface area contributed by atoms with Crippen LogP contribution in [0.3, 0.4) is 0 Å². The average molecular weight is 262 g/mol. The highest BCUT2D eigenvalue weighted by atomic mass is 16.1. The van der Waals surface area contributed by atoms with Gasteiger partial charge in [0.05, 0.1) is 0 Å². The molecule has 0 bridgehead atoms. The molecule has 1 amide bonds. The zero-order valence-corrected chi connectivity index (χ0v) is 11.2. The number of nitrogens with one attached hydrogen (secondary N) is 1. The quantitative estimate of drug-likeness (QED) is 0.774. The fraction of sp³-hybridized carbons (Fsp3) is 0.500. The van der Waals surface area contributed by atoms with Gasteiger partial charge in [0.25, 0.3) is 5.78 Å². The normalized spacial score (nSPS) is 10.9. The van der Waals surface area contributed by atoms with Crippen LogP contribution in [-0.4, -0.2) is 38.6 Å². The van der Waals surface area contributed by atoms with E-state index in [0.29, 0.717) is 31.7 Å². The predicted molar refractivity (Wildman–Crippen MR) is 70.6 cm³/mol. The Labute approximate surface area is 111 Å². The summed E-state index contributed by atoms with van der Waals surface area (Å²) in [6.07, 6.45) is 2.53. The van der Waals surface area contributed by atoms with Gasteiger partial charge in [0, 0.05) is 30.9 Å². The van der Waals surface area contributed by atoms with Crippen molar-refractivity contribution in [2.45, 2.75) is 26.7 Å². The molecule has 2 aromatic heterocycles. The van der Waals surface area contributed by atoms with Crippen molar-refractivity contribution in [1.29, 1.82) is 0 Å². The van der Waals surface area contributed by atoms with Crippen molar-refractivity contribution in [2.75, 3.05) is 13.1 Å². The zero-order chi connectivity index (χ0) is 13.8. The van der Waals surface area contributed by atoms with Crippen LogP contribution in [0.5, 0.6) is 0 Å². The number of nitrogens with two attached hydrogens (primary N) is 1. The highest BCUT2D eigenvalue weighted by molar-refractivity contribution is 5.76. The van der Waals surface area contributed by atoms with E-state index in [1.54, 1.807) is 4.52 Å². The van der Waals surface area contributed by atoms with E-state index in [1.165, 1.54) is 6.33 Å². The van der Waals surface area contributed by atoms with Gasteiger partial charge in [-0.1, -0.05) is 0 Å². The number of aromatic nitrogens is 4. The van der Waals surface area contributed by atoms with Gasteiger partial charge in [-0.25, -0.2) is 9.50 Å². The first-order valence-corrected chi connectivity index (χ1v) is 6.26. The van der Waals surface area contributed by atoms with E-state index in [2.05, 4.69) is 20.4 Å². The van der Waals surface area contributed by atoms with Crippen LogP contribution in [0.2, 0.25) is 0 Å². The standard InChI is InChI=1S/C12H18N6O/c1-8-10(3-4-11(19)14-6-5-13)9(2)18-12(17-8)15-7-16-18/h7H,3-6,13H2,1-2H3,(H,14,19). The molecule has 0 aromatic carbocycles. The summed E-state index contributed by atoms with van der Waals surface area (Å²) in [5.74, 6) is 0.592. The van der Waals surface area contributed by atoms with E-state index in [4.69, 9.17) is 5.73 Å². The van der Waals surface area contributed by atoms with Crippen LogP contribution >= 0.6 is 0 Å². The minimum Gasteiger partial charge on any atom is -0.355 e. The van der Waals surface area contributed by atoms with Crippen LogP contribution in [-0.2, 0) is 11.2 Å². The maximum absolute atomic E-state index is 11.6. The van der Waals surface area contributed by atoms with E-state index in [1.807, 2.05) is 13.8 Å². The molecule has 7 nitrogen and oxygen atoms in total. The van der Waals surface area contributed by atoms with Crippen molar-refractivity contribution < 1.29 is 4.79 Å². The van der Waals surface area contributed by atoms with Crippen molar-refractivity contribution in [3.05, 3.63) is 23.3 Å². The number of carbonyl (C=O) groups excluding carboxylic acids is 1. The molecular formula is C12H18N6O. The maximum atomic E-state index is 11.6. The third kappa shape index (κ3) is 2.87. The van der Waals surface area contributed by atoms with Crippen LogP contribution in [0.15, 0.2) is 6.33 Å². The molecule has 0 spiro atoms. The monoisotopic (exact) mass is 262 g/mol. The second-order valence-electron chi connectivity index (χ2n) is 4.37. The first-order chi connectivity index (χ1) is 9.13. The predicted octanol–water partition coefficient (Wildman–Crippen LogP) is -0.251. The summed E-state index contributed by atoms with van der Waals surface area (Å²) >= 11 is 0. The molecule has 102 valence electrons. The summed E-state index contributed by atoms with van der Waals surface area (Å²) in [5, 5.41) is 6.88. The van der Waals surface area contributed by atoms with E-state index < -0.39 is 0 Å². The molecule has 0 fully saturated rings. The number of carbonyl (C=O) groups is 1. The van der Waals surface area contributed by atoms with E-state index in [0.717, 1.165) is 17.0 Å². The summed E-state index contributed by atoms with van der Waals surface area (Å²) in [6, 6.07) is 0. The van der Waals surface area contributed by atoms with Gasteiger partial charge in [-0.15, -0.1) is 0 Å². The molecule has 2 rings (SSSR count). The number of hydrogen-bond donors (Lipinski definition) is 2. The van der Waals surface area contributed by atoms with Gasteiger partial charge >= 0.3 is 0 Å². The highest BCUT2D eigenvalue weighted by Gasteiger charge is 2.12. The Morgan fingerprint density at radius 2 is 2.26 bits per heavy atom. The molecule has 7 heteroatoms. The largest absolute Gasteiger partial charge is 0.355 e. The Kier molecular flexibility index (Phi) is 4.06. The fourth-order valence-electron chi connectivity index (χ4n) is 2.06. The maximum Gasteiger partial charge on any atom is 0.252 e. The summed E-state index contributed by atoms with van der Waals surface area (Å²) in [4.78, 5) is 20.0. The summed E-state index contributed by atoms with van der Waals surface area (Å²) in [7, 11) is 0. The number of amides is 1. The number of hydrogen-bond acceptors (Lipinski definition) is 5. The summed E-state index contributed by atoms with van der Waals surface area (Å²) < 4.78 is 1.69. The fourth-order valence-corrected chi connectivity index (χ4v) is 2.06. The minimum atomic E-state index is 0.00272. The lowest BCUT2D eigenvalue weighted by atomic mass is 10.1. The Balaban J connectivity index is 2.14. The molecule has 0 aliphatic carbocycles. The van der Waals surface area contributed by atoms with Gasteiger partial charge in [-0.3, -0.25) is 4.79 Å². The van der Waals surface area contributed by atoms with Crippen LogP contribution in [0.4, 0.5) is 0 Å². The van der Waals surface area contributed by atoms with Crippen molar-refractivity contribution >= 4 is 11.7 Å². The molecule has 2 aromatic rings. The molecule has 0 saturated carbocycles. The van der Waals surface area contributed by atoms with Gasteiger partial charge in [0.2, 0.25) is 5.91 Å². The lowest BCUT2D eigenvalue weighted by Crippen LogP contribution is -2.29. The topological polar surface area (TPSA) is 98.2 Å². The zero-order valence-electron chi connectivity index (χ0n) is 11.2. The molecule has 3 N–H and O–H groups in total. The van der Waals surface area contributed by atoms with Crippen LogP contribution in [0.1, 0.15) is 23.4 Å². The SMILES string of the molecule is Cc1nc2ncnn2c(C)c1CCC(=O)NCCN. The smallest absolute Gasteiger partial charge is 0.252 e.